The Balaban J connectivity index is 2.08. The lowest BCUT2D eigenvalue weighted by Crippen LogP contribution is -2.52. The Labute approximate surface area is 235 Å². The van der Waals surface area contributed by atoms with Crippen molar-refractivity contribution in [1.82, 2.24) is 10.2 Å². The van der Waals surface area contributed by atoms with Crippen LogP contribution in [0.25, 0.3) is 0 Å². The van der Waals surface area contributed by atoms with Gasteiger partial charge in [-0.25, -0.2) is 8.42 Å². The van der Waals surface area contributed by atoms with Gasteiger partial charge in [0.2, 0.25) is 11.8 Å². The number of carbonyl (C=O) groups excluding carboxylic acids is 2. The molecule has 0 aromatic heterocycles. The molecule has 0 saturated carbocycles. The molecular weight excluding hydrogens is 538 g/mol. The van der Waals surface area contributed by atoms with Crippen molar-refractivity contribution in [3.05, 3.63) is 88.9 Å². The fourth-order valence-corrected chi connectivity index (χ4v) is 5.90. The number of nitrogens with zero attached hydrogens (tertiary/aromatic N) is 2. The van der Waals surface area contributed by atoms with E-state index in [-0.39, 0.29) is 28.1 Å². The first-order valence-electron chi connectivity index (χ1n) is 12.7. The van der Waals surface area contributed by atoms with Gasteiger partial charge in [-0.3, -0.25) is 13.9 Å². The second-order valence-corrected chi connectivity index (χ2v) is 11.2. The third-order valence-electron chi connectivity index (χ3n) is 6.23. The lowest BCUT2D eigenvalue weighted by Gasteiger charge is -2.33. The van der Waals surface area contributed by atoms with Crippen molar-refractivity contribution in [2.75, 3.05) is 24.5 Å². The summed E-state index contributed by atoms with van der Waals surface area (Å²) in [6.07, 6.45) is 0.332. The summed E-state index contributed by atoms with van der Waals surface area (Å²) in [6.45, 7) is 5.37. The molecule has 8 nitrogen and oxygen atoms in total. The van der Waals surface area contributed by atoms with E-state index in [0.29, 0.717) is 18.7 Å². The lowest BCUT2D eigenvalue weighted by atomic mass is 10.1. The number of likely N-dealkylation sites (N-methyl/N-ethyl adjacent to an activating group) is 1. The highest BCUT2D eigenvalue weighted by atomic mass is 35.5. The summed E-state index contributed by atoms with van der Waals surface area (Å²) in [5.74, 6) is -0.265. The molecule has 0 saturated heterocycles. The monoisotopic (exact) mass is 571 g/mol. The molecule has 1 atom stereocenters. The van der Waals surface area contributed by atoms with Gasteiger partial charge in [-0.2, -0.15) is 0 Å². The van der Waals surface area contributed by atoms with E-state index in [0.717, 1.165) is 15.4 Å². The van der Waals surface area contributed by atoms with E-state index in [9.17, 15) is 18.0 Å². The number of hydrogen-bond acceptors (Lipinski definition) is 5. The first-order valence-corrected chi connectivity index (χ1v) is 14.5. The summed E-state index contributed by atoms with van der Waals surface area (Å²) in [4.78, 5) is 28.4. The van der Waals surface area contributed by atoms with Crippen LogP contribution in [0.5, 0.6) is 5.75 Å². The number of halogens is 1. The van der Waals surface area contributed by atoms with Crippen molar-refractivity contribution in [3.63, 3.8) is 0 Å². The molecule has 0 bridgehead atoms. The van der Waals surface area contributed by atoms with Crippen molar-refractivity contribution in [1.29, 1.82) is 0 Å². The van der Waals surface area contributed by atoms with Crippen LogP contribution in [-0.2, 0) is 26.2 Å². The van der Waals surface area contributed by atoms with E-state index in [4.69, 9.17) is 16.3 Å². The molecule has 208 valence electrons. The Morgan fingerprint density at radius 3 is 2.31 bits per heavy atom. The highest BCUT2D eigenvalue weighted by Gasteiger charge is 2.34. The van der Waals surface area contributed by atoms with E-state index < -0.39 is 28.5 Å². The molecule has 0 fully saturated rings. The number of amides is 2. The number of aryl methyl sites for hydroxylation is 1. The second-order valence-electron chi connectivity index (χ2n) is 8.97. The molecule has 0 radical (unpaired) electrons. The Bertz CT molecular complexity index is 1400. The van der Waals surface area contributed by atoms with Crippen molar-refractivity contribution in [2.24, 2.45) is 0 Å². The van der Waals surface area contributed by atoms with Gasteiger partial charge in [0.15, 0.2) is 0 Å². The van der Waals surface area contributed by atoms with Crippen molar-refractivity contribution >= 4 is 39.1 Å². The number of carbonyl (C=O) groups is 2. The zero-order chi connectivity index (χ0) is 28.6. The maximum Gasteiger partial charge on any atom is 0.264 e. The summed E-state index contributed by atoms with van der Waals surface area (Å²) in [6, 6.07) is 19.2. The van der Waals surface area contributed by atoms with E-state index in [1.165, 1.54) is 17.0 Å². The largest absolute Gasteiger partial charge is 0.497 e. The van der Waals surface area contributed by atoms with Crippen LogP contribution in [0.3, 0.4) is 0 Å². The topological polar surface area (TPSA) is 96.0 Å². The van der Waals surface area contributed by atoms with Gasteiger partial charge in [-0.05, 0) is 62.2 Å². The molecule has 1 N–H and O–H groups in total. The minimum atomic E-state index is -4.19. The van der Waals surface area contributed by atoms with E-state index >= 15 is 0 Å². The molecule has 0 aliphatic heterocycles. The van der Waals surface area contributed by atoms with Crippen LogP contribution < -0.4 is 14.4 Å². The number of hydrogen-bond donors (Lipinski definition) is 1. The Kier molecular flexibility index (Phi) is 10.4. The van der Waals surface area contributed by atoms with Crippen LogP contribution in [0.1, 0.15) is 31.4 Å². The quantitative estimate of drug-likeness (QED) is 0.337. The average molecular weight is 572 g/mol. The van der Waals surface area contributed by atoms with Gasteiger partial charge < -0.3 is 15.0 Å². The van der Waals surface area contributed by atoms with Crippen LogP contribution in [0.2, 0.25) is 5.02 Å². The fourth-order valence-electron chi connectivity index (χ4n) is 4.18. The summed E-state index contributed by atoms with van der Waals surface area (Å²) < 4.78 is 34.1. The Hall–Kier alpha value is -3.56. The second kappa shape index (κ2) is 13.5. The van der Waals surface area contributed by atoms with Gasteiger partial charge in [-0.15, -0.1) is 0 Å². The number of anilines is 1. The number of rotatable bonds is 12. The molecule has 0 heterocycles. The minimum absolute atomic E-state index is 0.0240. The lowest BCUT2D eigenvalue weighted by molar-refractivity contribution is -0.140. The third-order valence-corrected chi connectivity index (χ3v) is 8.33. The zero-order valence-electron chi connectivity index (χ0n) is 22.6. The molecule has 3 aromatic rings. The van der Waals surface area contributed by atoms with E-state index in [1.54, 1.807) is 75.6 Å². The number of ether oxygens (including phenoxy) is 1. The number of benzene rings is 3. The fraction of sp³-hybridized carbons (Fsp3) is 0.310. The van der Waals surface area contributed by atoms with Gasteiger partial charge in [0.05, 0.1) is 22.7 Å². The predicted molar refractivity (Wildman–Crippen MR) is 153 cm³/mol. The molecular formula is C29H34ClN3O5S. The van der Waals surface area contributed by atoms with Crippen LogP contribution in [0.15, 0.2) is 77.7 Å². The summed E-state index contributed by atoms with van der Waals surface area (Å²) in [7, 11) is -2.64. The normalized spacial score (nSPS) is 11.9. The molecule has 39 heavy (non-hydrogen) atoms. The standard InChI is InChI=1S/C29H34ClN3O5S/c1-5-26(29(35)31-6-2)32(19-22-10-9-11-23(18-22)38-4)28(34)20-33(27-13-8-7-12-25(27)30)39(36,37)24-16-14-21(3)15-17-24/h7-18,26H,5-6,19-20H2,1-4H3,(H,31,35)/t26-/m0/s1. The Morgan fingerprint density at radius 1 is 1.00 bits per heavy atom. The van der Waals surface area contributed by atoms with Gasteiger partial charge >= 0.3 is 0 Å². The molecule has 0 spiro atoms. The molecule has 3 aromatic carbocycles. The van der Waals surface area contributed by atoms with Crippen molar-refractivity contribution in [3.8, 4) is 5.75 Å². The SMILES string of the molecule is CCNC(=O)[C@H](CC)N(Cc1cccc(OC)c1)C(=O)CN(c1ccccc1Cl)S(=O)(=O)c1ccc(C)cc1. The van der Waals surface area contributed by atoms with Crippen LogP contribution in [-0.4, -0.2) is 51.4 Å². The van der Waals surface area contributed by atoms with Crippen molar-refractivity contribution < 1.29 is 22.7 Å². The van der Waals surface area contributed by atoms with Gasteiger partial charge in [0, 0.05) is 13.1 Å². The zero-order valence-corrected chi connectivity index (χ0v) is 24.1. The smallest absolute Gasteiger partial charge is 0.264 e. The number of nitrogens with one attached hydrogen (secondary N) is 1. The average Bonchev–Trinajstić information content (AvgIpc) is 2.92. The molecule has 0 aliphatic carbocycles. The third kappa shape index (κ3) is 7.30. The van der Waals surface area contributed by atoms with Gasteiger partial charge in [0.25, 0.3) is 10.0 Å². The maximum absolute atomic E-state index is 14.0. The summed E-state index contributed by atoms with van der Waals surface area (Å²) >= 11 is 6.44. The maximum atomic E-state index is 14.0. The highest BCUT2D eigenvalue weighted by Crippen LogP contribution is 2.31. The van der Waals surface area contributed by atoms with E-state index in [2.05, 4.69) is 5.32 Å². The van der Waals surface area contributed by atoms with Crippen LogP contribution >= 0.6 is 11.6 Å². The van der Waals surface area contributed by atoms with E-state index in [1.807, 2.05) is 13.0 Å². The summed E-state index contributed by atoms with van der Waals surface area (Å²) in [5.41, 5.74) is 1.79. The van der Waals surface area contributed by atoms with Gasteiger partial charge in [-0.1, -0.05) is 60.5 Å². The van der Waals surface area contributed by atoms with Crippen molar-refractivity contribution in [2.45, 2.75) is 44.7 Å². The number of methoxy groups -OCH3 is 1. The molecule has 0 aliphatic rings. The first kappa shape index (κ1) is 30.0. The van der Waals surface area contributed by atoms with Gasteiger partial charge in [0.1, 0.15) is 18.3 Å². The Morgan fingerprint density at radius 2 is 1.69 bits per heavy atom. The summed E-state index contributed by atoms with van der Waals surface area (Å²) in [5, 5.41) is 2.96. The molecule has 3 rings (SSSR count). The van der Waals surface area contributed by atoms with Crippen LogP contribution in [0.4, 0.5) is 5.69 Å². The molecule has 0 unspecified atom stereocenters. The number of sulfonamides is 1. The first-order chi connectivity index (χ1) is 18.6. The highest BCUT2D eigenvalue weighted by molar-refractivity contribution is 7.92. The van der Waals surface area contributed by atoms with Crippen LogP contribution in [0, 0.1) is 6.92 Å². The predicted octanol–water partition coefficient (Wildman–Crippen LogP) is 4.80. The number of para-hydroxylation sites is 1. The minimum Gasteiger partial charge on any atom is -0.497 e. The molecule has 10 heteroatoms. The molecule has 2 amide bonds.